The Bertz CT molecular complexity index is 1790. The molecule has 5 aromatic rings. The first-order valence-corrected chi connectivity index (χ1v) is 13.2. The second kappa shape index (κ2) is 7.87. The zero-order valence-electron chi connectivity index (χ0n) is 19.9. The van der Waals surface area contributed by atoms with Crippen molar-refractivity contribution < 1.29 is 24.2 Å². The van der Waals surface area contributed by atoms with E-state index < -0.39 is 32.6 Å². The summed E-state index contributed by atoms with van der Waals surface area (Å²) < 4.78 is 68.6. The average Bonchev–Trinajstić information content (AvgIpc) is 3.25. The highest BCUT2D eigenvalue weighted by Crippen LogP contribution is 3.02. The summed E-state index contributed by atoms with van der Waals surface area (Å²) in [7, 11) is -8.30. The van der Waals surface area contributed by atoms with Gasteiger partial charge in [0.2, 0.25) is 0 Å². The van der Waals surface area contributed by atoms with Crippen LogP contribution < -0.4 is 10.9 Å². The molecule has 0 radical (unpaired) electrons. The number of amides is 1. The van der Waals surface area contributed by atoms with Gasteiger partial charge in [-0.1, -0.05) is 25.5 Å². The van der Waals surface area contributed by atoms with E-state index in [4.69, 9.17) is 0 Å². The van der Waals surface area contributed by atoms with Crippen molar-refractivity contribution in [2.75, 3.05) is 0 Å². The zero-order valence-corrected chi connectivity index (χ0v) is 20.7. The van der Waals surface area contributed by atoms with Gasteiger partial charge in [-0.15, -0.1) is 0 Å². The highest BCUT2D eigenvalue weighted by atomic mass is 32.5. The SMILES string of the molecule is C[C@H](NC(=O)c1ccc2c(c1)c1nn(C)cc1c(=O)n2-c1ccc(S(F)(F)(F)(F)F)cc1)c1ccccn1. The maximum absolute atomic E-state index is 13.3. The molecule has 1 N–H and O–H groups in total. The molecule has 0 aliphatic rings. The van der Waals surface area contributed by atoms with Gasteiger partial charge in [-0.25, -0.2) is 0 Å². The normalized spacial score (nSPS) is 14.7. The summed E-state index contributed by atoms with van der Waals surface area (Å²) in [6.07, 6.45) is 3.04. The Balaban J connectivity index is 1.64. The first-order chi connectivity index (χ1) is 17.6. The lowest BCUT2D eigenvalue weighted by Crippen LogP contribution is -2.27. The van der Waals surface area contributed by atoms with E-state index in [1.54, 1.807) is 38.4 Å². The number of carbonyl (C=O) groups excluding carboxylic acids is 1. The number of rotatable bonds is 5. The van der Waals surface area contributed by atoms with Crippen LogP contribution in [-0.2, 0) is 7.05 Å². The summed E-state index contributed by atoms with van der Waals surface area (Å²) in [6.45, 7) is 1.77. The first-order valence-electron chi connectivity index (χ1n) is 11.2. The van der Waals surface area contributed by atoms with Gasteiger partial charge < -0.3 is 5.32 Å². The Morgan fingerprint density at radius 2 is 1.68 bits per heavy atom. The van der Waals surface area contributed by atoms with Gasteiger partial charge in [-0.3, -0.25) is 23.8 Å². The van der Waals surface area contributed by atoms with E-state index in [1.807, 2.05) is 0 Å². The number of nitrogens with one attached hydrogen (secondary N) is 1. The van der Waals surface area contributed by atoms with Crippen molar-refractivity contribution in [1.82, 2.24) is 24.6 Å². The molecule has 0 spiro atoms. The molecule has 0 saturated heterocycles. The predicted molar refractivity (Wildman–Crippen MR) is 135 cm³/mol. The van der Waals surface area contributed by atoms with E-state index in [9.17, 15) is 29.0 Å². The summed E-state index contributed by atoms with van der Waals surface area (Å²) in [5.74, 6) is -0.424. The molecule has 2 aromatic carbocycles. The Hall–Kier alpha value is -4.26. The van der Waals surface area contributed by atoms with Crippen LogP contribution in [0.15, 0.2) is 82.7 Å². The number of nitrogens with zero attached hydrogens (tertiary/aromatic N) is 4. The molecule has 13 heteroatoms. The van der Waals surface area contributed by atoms with E-state index in [2.05, 4.69) is 15.4 Å². The van der Waals surface area contributed by atoms with Crippen LogP contribution in [0.5, 0.6) is 0 Å². The van der Waals surface area contributed by atoms with Gasteiger partial charge in [0.1, 0.15) is 10.4 Å². The Morgan fingerprint density at radius 1 is 0.974 bits per heavy atom. The summed E-state index contributed by atoms with van der Waals surface area (Å²) in [4.78, 5) is 28.5. The van der Waals surface area contributed by atoms with E-state index in [1.165, 1.54) is 29.1 Å². The molecule has 38 heavy (non-hydrogen) atoms. The van der Waals surface area contributed by atoms with E-state index in [-0.39, 0.29) is 39.8 Å². The fourth-order valence-corrected chi connectivity index (χ4v) is 4.88. The van der Waals surface area contributed by atoms with Crippen molar-refractivity contribution >= 4 is 37.9 Å². The minimum absolute atomic E-state index is 0.0580. The molecule has 7 nitrogen and oxygen atoms in total. The van der Waals surface area contributed by atoms with Gasteiger partial charge in [-0.05, 0) is 61.5 Å². The lowest BCUT2D eigenvalue weighted by Gasteiger charge is -2.40. The Morgan fingerprint density at radius 3 is 2.32 bits per heavy atom. The molecule has 3 heterocycles. The largest absolute Gasteiger partial charge is 0.344 e. The third kappa shape index (κ3) is 4.60. The molecule has 0 fully saturated rings. The number of carbonyl (C=O) groups is 1. The second-order valence-corrected chi connectivity index (χ2v) is 11.3. The summed E-state index contributed by atoms with van der Waals surface area (Å²) in [5.41, 5.74) is 0.737. The van der Waals surface area contributed by atoms with Gasteiger partial charge in [0.15, 0.2) is 0 Å². The highest BCUT2D eigenvalue weighted by Gasteiger charge is 2.65. The predicted octanol–water partition coefficient (Wildman–Crippen LogP) is 6.42. The van der Waals surface area contributed by atoms with Crippen LogP contribution in [0, 0.1) is 0 Å². The van der Waals surface area contributed by atoms with Crippen LogP contribution in [0.2, 0.25) is 0 Å². The van der Waals surface area contributed by atoms with Crippen LogP contribution in [0.25, 0.3) is 27.5 Å². The van der Waals surface area contributed by atoms with E-state index in [0.29, 0.717) is 11.1 Å². The number of hydrogen-bond donors (Lipinski definition) is 1. The second-order valence-electron chi connectivity index (χ2n) is 8.85. The molecule has 1 atom stereocenters. The number of pyridine rings is 2. The molecule has 0 unspecified atom stereocenters. The number of fused-ring (bicyclic) bond motifs is 3. The molecule has 0 bridgehead atoms. The molecule has 3 aromatic heterocycles. The fraction of sp³-hybridized carbons (Fsp3) is 0.120. The maximum Gasteiger partial charge on any atom is 0.310 e. The van der Waals surface area contributed by atoms with E-state index >= 15 is 0 Å². The van der Waals surface area contributed by atoms with Crippen LogP contribution >= 0.6 is 10.2 Å². The fourth-order valence-electron chi connectivity index (χ4n) is 4.23. The number of benzene rings is 2. The number of hydrogen-bond acceptors (Lipinski definition) is 4. The maximum atomic E-state index is 13.3. The first kappa shape index (κ1) is 25.4. The third-order valence-corrected chi connectivity index (χ3v) is 7.20. The smallest absolute Gasteiger partial charge is 0.310 e. The average molecular weight is 550 g/mol. The quantitative estimate of drug-likeness (QED) is 0.257. The standard InChI is InChI=1S/C25H20F5N5O2S/c1-15(21-5-3-4-12-31-21)32-24(36)16-6-11-22-19(13-16)23-20(14-34(2)33-23)25(37)35(22)17-7-9-18(10-8-17)38(26,27,28,29)30/h3-15H,1-2H3,(H,32,36)/t15-/m0/s1. The molecular weight excluding hydrogens is 529 g/mol. The molecule has 1 amide bonds. The molecular formula is C25H20F5N5O2S. The van der Waals surface area contributed by atoms with Gasteiger partial charge in [-0.2, -0.15) is 5.10 Å². The number of halogens is 5. The number of aromatic nitrogens is 4. The molecule has 198 valence electrons. The van der Waals surface area contributed by atoms with Gasteiger partial charge >= 0.3 is 10.2 Å². The topological polar surface area (TPSA) is 81.8 Å². The molecule has 0 aliphatic carbocycles. The van der Waals surface area contributed by atoms with Crippen LogP contribution in [0.3, 0.4) is 0 Å². The monoisotopic (exact) mass is 549 g/mol. The van der Waals surface area contributed by atoms with Crippen LogP contribution in [-0.4, -0.2) is 25.2 Å². The lowest BCUT2D eigenvalue weighted by molar-refractivity contribution is 0.0939. The zero-order chi connectivity index (χ0) is 27.5. The van der Waals surface area contributed by atoms with Crippen molar-refractivity contribution in [1.29, 1.82) is 0 Å². The van der Waals surface area contributed by atoms with Crippen molar-refractivity contribution in [2.24, 2.45) is 7.05 Å². The summed E-state index contributed by atoms with van der Waals surface area (Å²) in [5, 5.41) is 7.68. The van der Waals surface area contributed by atoms with Crippen LogP contribution in [0.1, 0.15) is 29.0 Å². The van der Waals surface area contributed by atoms with Crippen molar-refractivity contribution in [3.8, 4) is 5.69 Å². The van der Waals surface area contributed by atoms with Crippen molar-refractivity contribution in [3.05, 3.63) is 94.7 Å². The van der Waals surface area contributed by atoms with Crippen LogP contribution in [0.4, 0.5) is 19.4 Å². The lowest BCUT2D eigenvalue weighted by atomic mass is 10.1. The number of aryl methyl sites for hydroxylation is 1. The molecule has 5 rings (SSSR count). The Labute approximate surface area is 212 Å². The minimum Gasteiger partial charge on any atom is -0.344 e. The van der Waals surface area contributed by atoms with Gasteiger partial charge in [0.25, 0.3) is 11.5 Å². The van der Waals surface area contributed by atoms with Crippen molar-refractivity contribution in [2.45, 2.75) is 17.9 Å². The summed E-state index contributed by atoms with van der Waals surface area (Å²) >= 11 is 0. The summed E-state index contributed by atoms with van der Waals surface area (Å²) in [6, 6.07) is 11.5. The minimum atomic E-state index is -9.89. The third-order valence-electron chi connectivity index (χ3n) is 6.04. The van der Waals surface area contributed by atoms with Gasteiger partial charge in [0, 0.05) is 36.1 Å². The van der Waals surface area contributed by atoms with Crippen molar-refractivity contribution in [3.63, 3.8) is 0 Å². The molecule has 0 saturated carbocycles. The van der Waals surface area contributed by atoms with E-state index in [0.717, 1.165) is 16.7 Å². The highest BCUT2D eigenvalue weighted by molar-refractivity contribution is 8.45. The molecule has 0 aliphatic heterocycles. The van der Waals surface area contributed by atoms with Gasteiger partial charge in [0.05, 0.1) is 22.6 Å². The Kier molecular flexibility index (Phi) is 5.26.